The monoisotopic (exact) mass is 382 g/mol. The first-order valence-electron chi connectivity index (χ1n) is 7.93. The average molecular weight is 383 g/mol. The van der Waals surface area contributed by atoms with E-state index >= 15 is 0 Å². The van der Waals surface area contributed by atoms with Crippen molar-refractivity contribution in [2.75, 3.05) is 12.5 Å². The van der Waals surface area contributed by atoms with Crippen LogP contribution in [0.3, 0.4) is 0 Å². The van der Waals surface area contributed by atoms with Crippen LogP contribution in [-0.2, 0) is 9.53 Å². The predicted molar refractivity (Wildman–Crippen MR) is 104 cm³/mol. The molecule has 0 amide bonds. The number of alkyl halides is 1. The zero-order chi connectivity index (χ0) is 17.4. The average Bonchev–Trinajstić information content (AvgIpc) is 3.05. The van der Waals surface area contributed by atoms with Gasteiger partial charge in [0.05, 0.1) is 6.61 Å². The molecule has 128 valence electrons. The fourth-order valence-corrected chi connectivity index (χ4v) is 3.65. The van der Waals surface area contributed by atoms with Gasteiger partial charge in [-0.05, 0) is 61.6 Å². The predicted octanol–water partition coefficient (Wildman–Crippen LogP) is 6.42. The van der Waals surface area contributed by atoms with Crippen molar-refractivity contribution in [2.24, 2.45) is 0 Å². The van der Waals surface area contributed by atoms with Crippen LogP contribution < -0.4 is 0 Å². The number of thiophene rings is 1. The summed E-state index contributed by atoms with van der Waals surface area (Å²) in [6.45, 7) is 2.19. The second-order valence-electron chi connectivity index (χ2n) is 5.24. The van der Waals surface area contributed by atoms with Gasteiger partial charge in [-0.25, -0.2) is 4.79 Å². The van der Waals surface area contributed by atoms with Gasteiger partial charge in [0.25, 0.3) is 0 Å². The van der Waals surface area contributed by atoms with E-state index in [2.05, 4.69) is 12.1 Å². The number of halogens is 2. The summed E-state index contributed by atoms with van der Waals surface area (Å²) < 4.78 is 5.05. The molecule has 0 atom stereocenters. The molecule has 0 fully saturated rings. The topological polar surface area (TPSA) is 26.3 Å². The normalized spacial score (nSPS) is 11.5. The van der Waals surface area contributed by atoms with E-state index in [-0.39, 0.29) is 5.97 Å². The van der Waals surface area contributed by atoms with Crippen molar-refractivity contribution in [3.63, 3.8) is 0 Å². The Morgan fingerprint density at radius 3 is 2.58 bits per heavy atom. The summed E-state index contributed by atoms with van der Waals surface area (Å²) in [4.78, 5) is 14.1. The third-order valence-electron chi connectivity index (χ3n) is 3.46. The number of ether oxygens (including phenoxy) is 1. The van der Waals surface area contributed by atoms with Gasteiger partial charge in [-0.15, -0.1) is 22.9 Å². The summed E-state index contributed by atoms with van der Waals surface area (Å²) in [5, 5.41) is 0.722. The Kier molecular flexibility index (Phi) is 7.83. The summed E-state index contributed by atoms with van der Waals surface area (Å²) in [5.74, 6) is 0.340. The van der Waals surface area contributed by atoms with Crippen LogP contribution in [0.15, 0.2) is 42.5 Å². The Morgan fingerprint density at radius 2 is 1.92 bits per heavy atom. The number of hydrogen-bond donors (Lipinski definition) is 0. The van der Waals surface area contributed by atoms with Gasteiger partial charge in [0, 0.05) is 26.7 Å². The van der Waals surface area contributed by atoms with E-state index < -0.39 is 0 Å². The van der Waals surface area contributed by atoms with Gasteiger partial charge in [-0.1, -0.05) is 23.7 Å². The molecule has 24 heavy (non-hydrogen) atoms. The number of allylic oxidation sites excluding steroid dienone is 1. The first-order valence-corrected chi connectivity index (χ1v) is 9.66. The molecule has 1 aromatic heterocycles. The lowest BCUT2D eigenvalue weighted by atomic mass is 10.1. The van der Waals surface area contributed by atoms with E-state index in [4.69, 9.17) is 27.9 Å². The van der Waals surface area contributed by atoms with Crippen molar-refractivity contribution in [3.8, 4) is 10.4 Å². The van der Waals surface area contributed by atoms with Crippen LogP contribution in [-0.4, -0.2) is 18.5 Å². The zero-order valence-corrected chi connectivity index (χ0v) is 15.9. The fraction of sp³-hybridized carbons (Fsp3) is 0.316. The summed E-state index contributed by atoms with van der Waals surface area (Å²) in [5.41, 5.74) is 2.12. The van der Waals surface area contributed by atoms with Crippen LogP contribution in [0.4, 0.5) is 0 Å². The van der Waals surface area contributed by atoms with Crippen molar-refractivity contribution >= 4 is 46.1 Å². The van der Waals surface area contributed by atoms with E-state index in [1.54, 1.807) is 17.4 Å². The van der Waals surface area contributed by atoms with E-state index in [9.17, 15) is 4.79 Å². The lowest BCUT2D eigenvalue weighted by molar-refractivity contribution is -0.137. The van der Waals surface area contributed by atoms with Gasteiger partial charge in [-0.2, -0.15) is 0 Å². The maximum Gasteiger partial charge on any atom is 0.331 e. The van der Waals surface area contributed by atoms with Gasteiger partial charge >= 0.3 is 5.97 Å². The minimum atomic E-state index is -0.292. The third kappa shape index (κ3) is 5.66. The van der Waals surface area contributed by atoms with E-state index in [0.29, 0.717) is 12.5 Å². The quantitative estimate of drug-likeness (QED) is 0.227. The molecule has 0 bridgehead atoms. The Morgan fingerprint density at radius 1 is 1.17 bits per heavy atom. The second-order valence-corrected chi connectivity index (χ2v) is 7.14. The third-order valence-corrected chi connectivity index (χ3v) is 5.19. The van der Waals surface area contributed by atoms with Crippen molar-refractivity contribution < 1.29 is 9.53 Å². The Labute approximate surface area is 157 Å². The number of unbranched alkanes of at least 4 members (excludes halogenated alkanes) is 1. The first-order chi connectivity index (χ1) is 11.6. The van der Waals surface area contributed by atoms with Crippen molar-refractivity contribution in [2.45, 2.75) is 26.2 Å². The molecular formula is C19H20Cl2O2S. The van der Waals surface area contributed by atoms with Crippen molar-refractivity contribution in [1.29, 1.82) is 0 Å². The number of benzene rings is 1. The smallest absolute Gasteiger partial charge is 0.331 e. The van der Waals surface area contributed by atoms with E-state index in [1.165, 1.54) is 0 Å². The lowest BCUT2D eigenvalue weighted by Gasteiger charge is -2.05. The standard InChI is InChI=1S/C19H20Cl2O2S/c1-2-23-19(22)13-15(5-3-4-12-20)18-11-10-17(24-18)14-6-8-16(21)9-7-14/h6-11,13H,2-5,12H2,1H3. The second kappa shape index (κ2) is 9.87. The van der Waals surface area contributed by atoms with Gasteiger partial charge in [0.15, 0.2) is 0 Å². The highest BCUT2D eigenvalue weighted by Gasteiger charge is 2.10. The molecule has 5 heteroatoms. The van der Waals surface area contributed by atoms with Crippen LogP contribution in [0.25, 0.3) is 16.0 Å². The molecule has 0 N–H and O–H groups in total. The number of carbonyl (C=O) groups excluding carboxylic acids is 1. The number of carbonyl (C=O) groups is 1. The van der Waals surface area contributed by atoms with Gasteiger partial charge in [0.2, 0.25) is 0 Å². The van der Waals surface area contributed by atoms with Gasteiger partial charge in [0.1, 0.15) is 0 Å². The molecule has 0 aliphatic heterocycles. The molecular weight excluding hydrogens is 363 g/mol. The van der Waals surface area contributed by atoms with E-state index in [0.717, 1.165) is 45.2 Å². The SMILES string of the molecule is CCOC(=O)C=C(CCCCCl)c1ccc(-c2ccc(Cl)cc2)s1. The fourth-order valence-electron chi connectivity index (χ4n) is 2.28. The molecule has 0 saturated carbocycles. The van der Waals surface area contributed by atoms with Gasteiger partial charge in [-0.3, -0.25) is 0 Å². The van der Waals surface area contributed by atoms with Gasteiger partial charge < -0.3 is 4.74 Å². The highest BCUT2D eigenvalue weighted by molar-refractivity contribution is 7.16. The maximum absolute atomic E-state index is 11.8. The van der Waals surface area contributed by atoms with Crippen LogP contribution >= 0.6 is 34.5 Å². The number of hydrogen-bond acceptors (Lipinski definition) is 3. The summed E-state index contributed by atoms with van der Waals surface area (Å²) in [7, 11) is 0. The van der Waals surface area contributed by atoms with Crippen LogP contribution in [0, 0.1) is 0 Å². The molecule has 0 unspecified atom stereocenters. The summed E-state index contributed by atoms with van der Waals surface area (Å²) >= 11 is 13.4. The molecule has 1 aromatic carbocycles. The highest BCUT2D eigenvalue weighted by Crippen LogP contribution is 2.34. The molecule has 0 spiro atoms. The van der Waals surface area contributed by atoms with Crippen molar-refractivity contribution in [1.82, 2.24) is 0 Å². The molecule has 0 aliphatic carbocycles. The van der Waals surface area contributed by atoms with E-state index in [1.807, 2.05) is 31.2 Å². The Hall–Kier alpha value is -1.29. The Bertz CT molecular complexity index is 690. The van der Waals surface area contributed by atoms with Crippen molar-refractivity contribution in [3.05, 3.63) is 52.4 Å². The van der Waals surface area contributed by atoms with Crippen LogP contribution in [0.1, 0.15) is 31.1 Å². The molecule has 0 aliphatic rings. The minimum absolute atomic E-state index is 0.292. The molecule has 0 saturated heterocycles. The number of rotatable bonds is 8. The molecule has 2 aromatic rings. The molecule has 2 nitrogen and oxygen atoms in total. The molecule has 2 rings (SSSR count). The van der Waals surface area contributed by atoms with Crippen LogP contribution in [0.2, 0.25) is 5.02 Å². The molecule has 1 heterocycles. The summed E-state index contributed by atoms with van der Waals surface area (Å²) in [6.07, 6.45) is 4.29. The lowest BCUT2D eigenvalue weighted by Crippen LogP contribution is -2.00. The Balaban J connectivity index is 2.22. The minimum Gasteiger partial charge on any atom is -0.463 e. The summed E-state index contributed by atoms with van der Waals surface area (Å²) in [6, 6.07) is 11.9. The van der Waals surface area contributed by atoms with Crippen LogP contribution in [0.5, 0.6) is 0 Å². The highest BCUT2D eigenvalue weighted by atomic mass is 35.5. The zero-order valence-electron chi connectivity index (χ0n) is 13.6. The molecule has 0 radical (unpaired) electrons. The maximum atomic E-state index is 11.8. The number of esters is 1. The first kappa shape index (κ1) is 19.0. The largest absolute Gasteiger partial charge is 0.463 e.